The number of rotatable bonds is 1. The van der Waals surface area contributed by atoms with Crippen LogP contribution in [-0.2, 0) is 4.84 Å². The summed E-state index contributed by atoms with van der Waals surface area (Å²) < 4.78 is 0. The van der Waals surface area contributed by atoms with E-state index in [9.17, 15) is 0 Å². The number of hydroxylamine groups is 1. The lowest BCUT2D eigenvalue weighted by Crippen LogP contribution is -2.20. The van der Waals surface area contributed by atoms with Crippen LogP contribution in [0.1, 0.15) is 6.42 Å². The van der Waals surface area contributed by atoms with Crippen molar-refractivity contribution in [2.45, 2.75) is 18.8 Å². The fourth-order valence-corrected chi connectivity index (χ4v) is 0.664. The first-order valence-electron chi connectivity index (χ1n) is 2.62. The van der Waals surface area contributed by atoms with Gasteiger partial charge in [0.05, 0.1) is 6.10 Å². The summed E-state index contributed by atoms with van der Waals surface area (Å²) >= 11 is 0. The summed E-state index contributed by atoms with van der Waals surface area (Å²) in [5.41, 5.74) is 7.62. The number of nitrogens with two attached hydrogens (primary N) is 1. The Morgan fingerprint density at radius 3 is 2.88 bits per heavy atom. The molecule has 8 heavy (non-hydrogen) atoms. The van der Waals surface area contributed by atoms with Gasteiger partial charge in [0, 0.05) is 13.0 Å². The van der Waals surface area contributed by atoms with Crippen molar-refractivity contribution in [2.24, 2.45) is 5.73 Å². The van der Waals surface area contributed by atoms with E-state index in [1.807, 2.05) is 0 Å². The first-order valence-corrected chi connectivity index (χ1v) is 2.62. The van der Waals surface area contributed by atoms with Gasteiger partial charge in [-0.3, -0.25) is 4.84 Å². The first kappa shape index (κ1) is 5.97. The fourth-order valence-electron chi connectivity index (χ4n) is 0.664. The Kier molecular flexibility index (Phi) is 1.80. The van der Waals surface area contributed by atoms with Crippen molar-refractivity contribution in [1.29, 1.82) is 0 Å². The largest absolute Gasteiger partial charge is 0.376 e. The average molecular weight is 118 g/mol. The van der Waals surface area contributed by atoms with Gasteiger partial charge >= 0.3 is 0 Å². The Bertz CT molecular complexity index is 78.4. The number of hydrogen-bond donors (Lipinski definition) is 3. The molecule has 4 heteroatoms. The number of aliphatic hydroxyl groups is 1. The van der Waals surface area contributed by atoms with E-state index < -0.39 is 6.23 Å². The van der Waals surface area contributed by atoms with Crippen LogP contribution in [0.5, 0.6) is 0 Å². The van der Waals surface area contributed by atoms with Gasteiger partial charge in [-0.15, -0.1) is 0 Å². The predicted molar refractivity (Wildman–Crippen MR) is 27.7 cm³/mol. The molecular formula is C4H10N2O2. The molecule has 1 aliphatic rings. The lowest BCUT2D eigenvalue weighted by molar-refractivity contribution is -0.00443. The highest BCUT2D eigenvalue weighted by molar-refractivity contribution is 4.66. The molecule has 2 unspecified atom stereocenters. The van der Waals surface area contributed by atoms with Crippen molar-refractivity contribution >= 4 is 0 Å². The van der Waals surface area contributed by atoms with Crippen LogP contribution in [-0.4, -0.2) is 24.0 Å². The highest BCUT2D eigenvalue weighted by Crippen LogP contribution is 2.05. The van der Waals surface area contributed by atoms with Crippen LogP contribution in [0.4, 0.5) is 0 Å². The van der Waals surface area contributed by atoms with Gasteiger partial charge in [0.1, 0.15) is 6.23 Å². The molecule has 1 fully saturated rings. The van der Waals surface area contributed by atoms with E-state index in [4.69, 9.17) is 15.7 Å². The van der Waals surface area contributed by atoms with Crippen LogP contribution in [0.3, 0.4) is 0 Å². The molecule has 48 valence electrons. The topological polar surface area (TPSA) is 67.5 Å². The second kappa shape index (κ2) is 2.41. The molecule has 1 rings (SSSR count). The normalized spacial score (nSPS) is 38.2. The molecule has 0 radical (unpaired) electrons. The van der Waals surface area contributed by atoms with Crippen molar-refractivity contribution < 1.29 is 9.94 Å². The Labute approximate surface area is 47.6 Å². The smallest absolute Gasteiger partial charge is 0.129 e. The van der Waals surface area contributed by atoms with Crippen LogP contribution >= 0.6 is 0 Å². The summed E-state index contributed by atoms with van der Waals surface area (Å²) in [6.45, 7) is 0.462. The SMILES string of the molecule is NCC1CC(O)NO1. The average Bonchev–Trinajstić information content (AvgIpc) is 2.14. The second-order valence-corrected chi connectivity index (χ2v) is 1.84. The molecule has 0 aromatic carbocycles. The quantitative estimate of drug-likeness (QED) is 0.394. The Morgan fingerprint density at radius 2 is 2.62 bits per heavy atom. The third-order valence-corrected chi connectivity index (χ3v) is 1.12. The molecule has 4 N–H and O–H groups in total. The van der Waals surface area contributed by atoms with Crippen LogP contribution in [0.25, 0.3) is 0 Å². The number of aliphatic hydroxyl groups excluding tert-OH is 1. The van der Waals surface area contributed by atoms with Gasteiger partial charge < -0.3 is 10.8 Å². The van der Waals surface area contributed by atoms with E-state index in [1.165, 1.54) is 0 Å². The Balaban J connectivity index is 2.22. The second-order valence-electron chi connectivity index (χ2n) is 1.84. The standard InChI is InChI=1S/C4H10N2O2/c5-2-3-1-4(7)6-8-3/h3-4,6-7H,1-2,5H2. The van der Waals surface area contributed by atoms with E-state index in [2.05, 4.69) is 5.48 Å². The van der Waals surface area contributed by atoms with Gasteiger partial charge in [0.15, 0.2) is 0 Å². The van der Waals surface area contributed by atoms with Crippen LogP contribution < -0.4 is 11.2 Å². The third-order valence-electron chi connectivity index (χ3n) is 1.12. The van der Waals surface area contributed by atoms with Crippen LogP contribution in [0, 0.1) is 0 Å². The maximum Gasteiger partial charge on any atom is 0.129 e. The van der Waals surface area contributed by atoms with E-state index in [-0.39, 0.29) is 6.10 Å². The highest BCUT2D eigenvalue weighted by atomic mass is 16.7. The van der Waals surface area contributed by atoms with Gasteiger partial charge in [-0.1, -0.05) is 0 Å². The predicted octanol–water partition coefficient (Wildman–Crippen LogP) is -1.44. The zero-order valence-corrected chi connectivity index (χ0v) is 4.50. The van der Waals surface area contributed by atoms with Crippen LogP contribution in [0.2, 0.25) is 0 Å². The monoisotopic (exact) mass is 118 g/mol. The minimum absolute atomic E-state index is 0.00926. The van der Waals surface area contributed by atoms with Gasteiger partial charge in [-0.25, -0.2) is 0 Å². The van der Waals surface area contributed by atoms with Crippen molar-refractivity contribution in [3.05, 3.63) is 0 Å². The van der Waals surface area contributed by atoms with Gasteiger partial charge in [-0.2, -0.15) is 5.48 Å². The molecule has 1 saturated heterocycles. The summed E-state index contributed by atoms with van der Waals surface area (Å²) in [4.78, 5) is 4.79. The summed E-state index contributed by atoms with van der Waals surface area (Å²) in [5.74, 6) is 0. The van der Waals surface area contributed by atoms with Gasteiger partial charge in [-0.05, 0) is 0 Å². The summed E-state index contributed by atoms with van der Waals surface area (Å²) in [6, 6.07) is 0. The molecule has 2 atom stereocenters. The zero-order chi connectivity index (χ0) is 5.98. The Hall–Kier alpha value is -0.160. The minimum atomic E-state index is -0.524. The summed E-state index contributed by atoms with van der Waals surface area (Å²) in [7, 11) is 0. The number of nitrogens with one attached hydrogen (secondary N) is 1. The number of hydrogen-bond acceptors (Lipinski definition) is 4. The zero-order valence-electron chi connectivity index (χ0n) is 4.50. The Morgan fingerprint density at radius 1 is 1.88 bits per heavy atom. The van der Waals surface area contributed by atoms with Crippen molar-refractivity contribution in [2.75, 3.05) is 6.54 Å². The molecular weight excluding hydrogens is 108 g/mol. The fraction of sp³-hybridized carbons (Fsp3) is 1.00. The van der Waals surface area contributed by atoms with Crippen molar-refractivity contribution in [3.8, 4) is 0 Å². The molecule has 0 bridgehead atoms. The van der Waals surface area contributed by atoms with Gasteiger partial charge in [0.2, 0.25) is 0 Å². The first-order chi connectivity index (χ1) is 3.83. The van der Waals surface area contributed by atoms with Crippen molar-refractivity contribution in [3.63, 3.8) is 0 Å². The summed E-state index contributed by atoms with van der Waals surface area (Å²) in [5, 5.41) is 8.74. The lowest BCUT2D eigenvalue weighted by atomic mass is 10.2. The molecule has 0 saturated carbocycles. The molecule has 4 nitrogen and oxygen atoms in total. The lowest BCUT2D eigenvalue weighted by Gasteiger charge is -1.99. The van der Waals surface area contributed by atoms with Crippen molar-refractivity contribution in [1.82, 2.24) is 5.48 Å². The maximum absolute atomic E-state index is 8.74. The molecule has 0 aliphatic carbocycles. The molecule has 0 aromatic heterocycles. The molecule has 1 aliphatic heterocycles. The van der Waals surface area contributed by atoms with E-state index in [0.717, 1.165) is 0 Å². The highest BCUT2D eigenvalue weighted by Gasteiger charge is 2.21. The minimum Gasteiger partial charge on any atom is -0.376 e. The molecule has 0 aromatic rings. The van der Waals surface area contributed by atoms with E-state index in [1.54, 1.807) is 0 Å². The van der Waals surface area contributed by atoms with Gasteiger partial charge in [0.25, 0.3) is 0 Å². The molecule has 0 spiro atoms. The van der Waals surface area contributed by atoms with Crippen LogP contribution in [0.15, 0.2) is 0 Å². The van der Waals surface area contributed by atoms with E-state index >= 15 is 0 Å². The molecule has 0 amide bonds. The third kappa shape index (κ3) is 1.16. The maximum atomic E-state index is 8.74. The van der Waals surface area contributed by atoms with E-state index in [0.29, 0.717) is 13.0 Å². The molecule has 1 heterocycles. The summed E-state index contributed by atoms with van der Waals surface area (Å²) in [6.07, 6.45) is 0.0600.